The van der Waals surface area contributed by atoms with Gasteiger partial charge in [-0.2, -0.15) is 0 Å². The molecule has 3 amide bonds. The molecule has 0 aromatic heterocycles. The predicted octanol–water partition coefficient (Wildman–Crippen LogP) is 3.54. The average Bonchev–Trinajstić information content (AvgIpc) is 2.71. The molecule has 1 aromatic carbocycles. The van der Waals surface area contributed by atoms with Gasteiger partial charge in [0.2, 0.25) is 11.8 Å². The number of nitrogens with zero attached hydrogens (tertiary/aromatic N) is 1. The summed E-state index contributed by atoms with van der Waals surface area (Å²) in [6, 6.07) is 6.78. The Bertz CT molecular complexity index is 767. The minimum Gasteiger partial charge on any atom is -0.352 e. The number of aryl methyl sites for hydroxylation is 1. The van der Waals surface area contributed by atoms with Crippen molar-refractivity contribution >= 4 is 17.7 Å². The third-order valence-electron chi connectivity index (χ3n) is 6.17. The van der Waals surface area contributed by atoms with E-state index in [2.05, 4.69) is 24.5 Å². The molecule has 1 heterocycles. The van der Waals surface area contributed by atoms with Gasteiger partial charge in [0.25, 0.3) is 5.91 Å². The lowest BCUT2D eigenvalue weighted by Gasteiger charge is -2.36. The highest BCUT2D eigenvalue weighted by Gasteiger charge is 2.34. The number of hydrogen-bond donors (Lipinski definition) is 2. The van der Waals surface area contributed by atoms with Crippen LogP contribution in [0.4, 0.5) is 0 Å². The summed E-state index contributed by atoms with van der Waals surface area (Å²) in [5.74, 6) is 0.416. The minimum atomic E-state index is -0.614. The Balaban J connectivity index is 2.11. The zero-order valence-electron chi connectivity index (χ0n) is 19.9. The van der Waals surface area contributed by atoms with E-state index in [4.69, 9.17) is 0 Å². The van der Waals surface area contributed by atoms with Crippen molar-refractivity contribution in [1.82, 2.24) is 15.5 Å². The normalized spacial score (nSPS) is 16.8. The lowest BCUT2D eigenvalue weighted by molar-refractivity contribution is -0.133. The zero-order valence-corrected chi connectivity index (χ0v) is 19.9. The fraction of sp³-hybridized carbons (Fsp3) is 0.640. The molecule has 1 aliphatic rings. The number of amides is 3. The van der Waals surface area contributed by atoms with Crippen LogP contribution in [0.1, 0.15) is 69.8 Å². The highest BCUT2D eigenvalue weighted by Crippen LogP contribution is 2.23. The first-order valence-corrected chi connectivity index (χ1v) is 11.5. The van der Waals surface area contributed by atoms with Crippen LogP contribution in [0.3, 0.4) is 0 Å². The van der Waals surface area contributed by atoms with Gasteiger partial charge in [-0.05, 0) is 56.6 Å². The van der Waals surface area contributed by atoms with Gasteiger partial charge in [-0.3, -0.25) is 14.4 Å². The van der Waals surface area contributed by atoms with Crippen molar-refractivity contribution in [1.29, 1.82) is 0 Å². The number of hydrogen-bond acceptors (Lipinski definition) is 3. The van der Waals surface area contributed by atoms with Gasteiger partial charge in [-0.25, -0.2) is 0 Å². The van der Waals surface area contributed by atoms with Gasteiger partial charge in [0, 0.05) is 31.1 Å². The van der Waals surface area contributed by atoms with Gasteiger partial charge >= 0.3 is 0 Å². The fourth-order valence-corrected chi connectivity index (χ4v) is 3.85. The second-order valence-electron chi connectivity index (χ2n) is 9.68. The first-order valence-electron chi connectivity index (χ1n) is 11.5. The third kappa shape index (κ3) is 7.37. The molecule has 0 radical (unpaired) electrons. The van der Waals surface area contributed by atoms with Crippen LogP contribution in [0.15, 0.2) is 24.3 Å². The monoisotopic (exact) mass is 429 g/mol. The topological polar surface area (TPSA) is 78.5 Å². The Morgan fingerprint density at radius 2 is 1.68 bits per heavy atom. The van der Waals surface area contributed by atoms with Crippen molar-refractivity contribution in [3.8, 4) is 0 Å². The molecule has 0 spiro atoms. The molecule has 0 bridgehead atoms. The summed E-state index contributed by atoms with van der Waals surface area (Å²) in [5, 5.41) is 6.07. The summed E-state index contributed by atoms with van der Waals surface area (Å²) in [7, 11) is 0. The Morgan fingerprint density at radius 3 is 2.23 bits per heavy atom. The molecule has 2 rings (SSSR count). The van der Waals surface area contributed by atoms with Gasteiger partial charge in [0.15, 0.2) is 0 Å². The van der Waals surface area contributed by atoms with Crippen LogP contribution in [0.5, 0.6) is 0 Å². The number of piperidine rings is 1. The van der Waals surface area contributed by atoms with E-state index < -0.39 is 6.04 Å². The molecule has 31 heavy (non-hydrogen) atoms. The smallest absolute Gasteiger partial charge is 0.251 e. The van der Waals surface area contributed by atoms with Crippen LogP contribution in [-0.4, -0.2) is 47.8 Å². The molecule has 1 aliphatic heterocycles. The fourth-order valence-electron chi connectivity index (χ4n) is 3.85. The van der Waals surface area contributed by atoms with E-state index in [9.17, 15) is 14.4 Å². The van der Waals surface area contributed by atoms with Gasteiger partial charge in [0.05, 0.1) is 0 Å². The van der Waals surface area contributed by atoms with Crippen molar-refractivity contribution < 1.29 is 14.4 Å². The third-order valence-corrected chi connectivity index (χ3v) is 6.17. The Kier molecular flexibility index (Phi) is 9.08. The Morgan fingerprint density at radius 1 is 1.03 bits per heavy atom. The maximum Gasteiger partial charge on any atom is 0.251 e. The SMILES string of the molecule is Cc1cccc(C(=O)N[C@H](C(=O)N[C@@H](C)C(C)C)C2CCN(C(=O)CC(C)C)CC2)c1. The van der Waals surface area contributed by atoms with Gasteiger partial charge in [-0.15, -0.1) is 0 Å². The minimum absolute atomic E-state index is 0.00350. The summed E-state index contributed by atoms with van der Waals surface area (Å²) in [5.41, 5.74) is 1.55. The van der Waals surface area contributed by atoms with Crippen LogP contribution in [-0.2, 0) is 9.59 Å². The van der Waals surface area contributed by atoms with Crippen molar-refractivity contribution in [2.45, 2.75) is 72.9 Å². The molecule has 6 heteroatoms. The number of rotatable bonds is 8. The molecular formula is C25H39N3O3. The average molecular weight is 430 g/mol. The molecule has 1 aromatic rings. The Labute approximate surface area is 187 Å². The van der Waals surface area contributed by atoms with Gasteiger partial charge in [-0.1, -0.05) is 45.4 Å². The van der Waals surface area contributed by atoms with E-state index >= 15 is 0 Å². The standard InChI is InChI=1S/C25H39N3O3/c1-16(2)14-22(29)28-12-10-20(11-13-28)23(25(31)26-19(6)17(3)4)27-24(30)21-9-7-8-18(5)15-21/h7-9,15-17,19-20,23H,10-14H2,1-6H3,(H,26,31)(H,27,30)/t19-,23-/m0/s1. The van der Waals surface area contributed by atoms with Crippen LogP contribution in [0, 0.1) is 24.7 Å². The number of carbonyl (C=O) groups excluding carboxylic acids is 3. The summed E-state index contributed by atoms with van der Waals surface area (Å²) < 4.78 is 0. The summed E-state index contributed by atoms with van der Waals surface area (Å²) in [6.07, 6.45) is 1.95. The number of likely N-dealkylation sites (tertiary alicyclic amines) is 1. The van der Waals surface area contributed by atoms with Crippen LogP contribution < -0.4 is 10.6 Å². The van der Waals surface area contributed by atoms with Crippen LogP contribution in [0.2, 0.25) is 0 Å². The van der Waals surface area contributed by atoms with Gasteiger partial charge in [0.1, 0.15) is 6.04 Å². The molecule has 1 saturated heterocycles. The zero-order chi connectivity index (χ0) is 23.1. The van der Waals surface area contributed by atoms with E-state index in [0.29, 0.717) is 49.8 Å². The molecular weight excluding hydrogens is 390 g/mol. The molecule has 6 nitrogen and oxygen atoms in total. The highest BCUT2D eigenvalue weighted by atomic mass is 16.2. The molecule has 0 saturated carbocycles. The summed E-state index contributed by atoms with van der Waals surface area (Å²) in [6.45, 7) is 13.4. The molecule has 2 N–H and O–H groups in total. The summed E-state index contributed by atoms with van der Waals surface area (Å²) in [4.78, 5) is 40.4. The van der Waals surface area contributed by atoms with Crippen LogP contribution in [0.25, 0.3) is 0 Å². The van der Waals surface area contributed by atoms with Crippen molar-refractivity contribution in [3.05, 3.63) is 35.4 Å². The predicted molar refractivity (Wildman–Crippen MR) is 124 cm³/mol. The van der Waals surface area contributed by atoms with E-state index in [1.165, 1.54) is 0 Å². The highest BCUT2D eigenvalue weighted by molar-refractivity contribution is 5.97. The summed E-state index contributed by atoms with van der Waals surface area (Å²) >= 11 is 0. The van der Waals surface area contributed by atoms with Crippen molar-refractivity contribution in [3.63, 3.8) is 0 Å². The van der Waals surface area contributed by atoms with Crippen molar-refractivity contribution in [2.75, 3.05) is 13.1 Å². The Hall–Kier alpha value is -2.37. The lowest BCUT2D eigenvalue weighted by atomic mass is 9.87. The maximum absolute atomic E-state index is 13.1. The molecule has 0 unspecified atom stereocenters. The van der Waals surface area contributed by atoms with E-state index in [1.54, 1.807) is 6.07 Å². The quantitative estimate of drug-likeness (QED) is 0.663. The number of carbonyl (C=O) groups is 3. The molecule has 1 fully saturated rings. The maximum atomic E-state index is 13.1. The second-order valence-corrected chi connectivity index (χ2v) is 9.68. The van der Waals surface area contributed by atoms with E-state index in [-0.39, 0.29) is 29.7 Å². The molecule has 0 aliphatic carbocycles. The lowest BCUT2D eigenvalue weighted by Crippen LogP contribution is -2.55. The number of benzene rings is 1. The first-order chi connectivity index (χ1) is 14.6. The van der Waals surface area contributed by atoms with Crippen LogP contribution >= 0.6 is 0 Å². The van der Waals surface area contributed by atoms with Gasteiger partial charge < -0.3 is 15.5 Å². The number of nitrogens with one attached hydrogen (secondary N) is 2. The molecule has 2 atom stereocenters. The van der Waals surface area contributed by atoms with E-state index in [0.717, 1.165) is 5.56 Å². The van der Waals surface area contributed by atoms with E-state index in [1.807, 2.05) is 50.8 Å². The first kappa shape index (κ1) is 24.9. The largest absolute Gasteiger partial charge is 0.352 e. The molecule has 172 valence electrons. The second kappa shape index (κ2) is 11.3. The van der Waals surface area contributed by atoms with Crippen molar-refractivity contribution in [2.24, 2.45) is 17.8 Å².